The van der Waals surface area contributed by atoms with Crippen molar-refractivity contribution in [2.24, 2.45) is 0 Å². The smallest absolute Gasteiger partial charge is 0.263 e. The summed E-state index contributed by atoms with van der Waals surface area (Å²) in [4.78, 5) is 23.5. The van der Waals surface area contributed by atoms with E-state index >= 15 is 0 Å². The number of likely N-dealkylation sites (tertiary alicyclic amines) is 1. The fraction of sp³-hybridized carbons (Fsp3) is 0.533. The Hall–Kier alpha value is -1.75. The van der Waals surface area contributed by atoms with Gasteiger partial charge in [-0.25, -0.2) is 9.97 Å². The first kappa shape index (κ1) is 13.2. The van der Waals surface area contributed by atoms with Crippen LogP contribution < -0.4 is 5.56 Å². The van der Waals surface area contributed by atoms with Crippen LogP contribution in [-0.4, -0.2) is 39.1 Å². The third-order valence-corrected chi connectivity index (χ3v) is 3.97. The molecule has 2 aromatic heterocycles. The van der Waals surface area contributed by atoms with Gasteiger partial charge in [-0.2, -0.15) is 0 Å². The van der Waals surface area contributed by atoms with Gasteiger partial charge in [0.1, 0.15) is 6.33 Å². The average molecular weight is 272 g/mol. The number of piperidine rings is 1. The first-order valence-corrected chi connectivity index (χ1v) is 7.34. The lowest BCUT2D eigenvalue weighted by Crippen LogP contribution is -2.40. The van der Waals surface area contributed by atoms with E-state index in [4.69, 9.17) is 0 Å². The van der Waals surface area contributed by atoms with Crippen molar-refractivity contribution in [3.8, 4) is 0 Å². The minimum atomic E-state index is 0.0337. The highest BCUT2D eigenvalue weighted by atomic mass is 16.1. The zero-order valence-corrected chi connectivity index (χ0v) is 11.8. The maximum atomic E-state index is 12.6. The monoisotopic (exact) mass is 272 g/mol. The van der Waals surface area contributed by atoms with E-state index in [1.54, 1.807) is 29.2 Å². The summed E-state index contributed by atoms with van der Waals surface area (Å²) in [6, 6.07) is 3.83. The van der Waals surface area contributed by atoms with Gasteiger partial charge in [0.2, 0.25) is 0 Å². The summed E-state index contributed by atoms with van der Waals surface area (Å²) in [5.41, 5.74) is 0.571. The average Bonchev–Trinajstić information content (AvgIpc) is 2.48. The Morgan fingerprint density at radius 1 is 1.40 bits per heavy atom. The third kappa shape index (κ3) is 2.45. The highest BCUT2D eigenvalue weighted by Gasteiger charge is 2.22. The van der Waals surface area contributed by atoms with Crippen molar-refractivity contribution < 1.29 is 0 Å². The van der Waals surface area contributed by atoms with Crippen molar-refractivity contribution in [1.82, 2.24) is 19.4 Å². The third-order valence-electron chi connectivity index (χ3n) is 3.97. The van der Waals surface area contributed by atoms with Gasteiger partial charge in [-0.15, -0.1) is 0 Å². The summed E-state index contributed by atoms with van der Waals surface area (Å²) in [6.45, 7) is 5.38. The van der Waals surface area contributed by atoms with Crippen LogP contribution in [0.4, 0.5) is 0 Å². The van der Waals surface area contributed by atoms with E-state index in [1.807, 2.05) is 0 Å². The number of hydrogen-bond acceptors (Lipinski definition) is 4. The molecule has 0 aliphatic carbocycles. The van der Waals surface area contributed by atoms with Crippen LogP contribution in [0.2, 0.25) is 0 Å². The Bertz CT molecular complexity index is 650. The standard InChI is InChI=1S/C15H20N4O/c1-2-8-18-9-4-5-12(10-18)19-11-17-14-13(15(19)20)6-3-7-16-14/h3,6-7,11-12H,2,4-5,8-10H2,1H3. The zero-order chi connectivity index (χ0) is 13.9. The number of rotatable bonds is 3. The molecular formula is C15H20N4O. The molecule has 0 amide bonds. The number of pyridine rings is 1. The normalized spacial score (nSPS) is 20.4. The second kappa shape index (κ2) is 5.71. The zero-order valence-electron chi connectivity index (χ0n) is 11.8. The first-order chi connectivity index (χ1) is 9.79. The number of nitrogens with zero attached hydrogens (tertiary/aromatic N) is 4. The van der Waals surface area contributed by atoms with Gasteiger partial charge in [0.15, 0.2) is 5.65 Å². The van der Waals surface area contributed by atoms with E-state index < -0.39 is 0 Å². The van der Waals surface area contributed by atoms with E-state index in [9.17, 15) is 4.79 Å². The first-order valence-electron chi connectivity index (χ1n) is 7.34. The quantitative estimate of drug-likeness (QED) is 0.855. The van der Waals surface area contributed by atoms with E-state index in [2.05, 4.69) is 21.8 Å². The van der Waals surface area contributed by atoms with Crippen LogP contribution in [0, 0.1) is 0 Å². The SMILES string of the molecule is CCCN1CCCC(n2cnc3ncccc3c2=O)C1. The summed E-state index contributed by atoms with van der Waals surface area (Å²) >= 11 is 0. The van der Waals surface area contributed by atoms with Gasteiger partial charge in [0, 0.05) is 12.7 Å². The fourth-order valence-electron chi connectivity index (χ4n) is 3.01. The molecule has 2 aromatic rings. The molecule has 0 radical (unpaired) electrons. The highest BCUT2D eigenvalue weighted by molar-refractivity contribution is 5.72. The molecule has 1 saturated heterocycles. The Labute approximate surface area is 118 Å². The summed E-state index contributed by atoms with van der Waals surface area (Å²) < 4.78 is 1.80. The molecule has 0 N–H and O–H groups in total. The van der Waals surface area contributed by atoms with Gasteiger partial charge < -0.3 is 4.90 Å². The molecular weight excluding hydrogens is 252 g/mol. The van der Waals surface area contributed by atoms with E-state index in [1.165, 1.54) is 0 Å². The summed E-state index contributed by atoms with van der Waals surface area (Å²) in [6.07, 6.45) is 6.68. The van der Waals surface area contributed by atoms with Crippen LogP contribution >= 0.6 is 0 Å². The Balaban J connectivity index is 1.94. The van der Waals surface area contributed by atoms with Crippen LogP contribution in [0.25, 0.3) is 11.0 Å². The van der Waals surface area contributed by atoms with Crippen LogP contribution in [0.15, 0.2) is 29.5 Å². The largest absolute Gasteiger partial charge is 0.301 e. The Morgan fingerprint density at radius 3 is 3.15 bits per heavy atom. The second-order valence-corrected chi connectivity index (χ2v) is 5.43. The Kier molecular flexibility index (Phi) is 3.78. The predicted molar refractivity (Wildman–Crippen MR) is 78.8 cm³/mol. The van der Waals surface area contributed by atoms with Gasteiger partial charge in [-0.1, -0.05) is 6.92 Å². The highest BCUT2D eigenvalue weighted by Crippen LogP contribution is 2.20. The van der Waals surface area contributed by atoms with Crippen molar-refractivity contribution in [2.45, 2.75) is 32.2 Å². The molecule has 5 heteroatoms. The maximum absolute atomic E-state index is 12.6. The topological polar surface area (TPSA) is 51.0 Å². The van der Waals surface area contributed by atoms with Crippen molar-refractivity contribution in [3.05, 3.63) is 35.0 Å². The van der Waals surface area contributed by atoms with Gasteiger partial charge >= 0.3 is 0 Å². The second-order valence-electron chi connectivity index (χ2n) is 5.43. The minimum Gasteiger partial charge on any atom is -0.301 e. The predicted octanol–water partition coefficient (Wildman–Crippen LogP) is 1.84. The summed E-state index contributed by atoms with van der Waals surface area (Å²) in [5.74, 6) is 0. The molecule has 1 aliphatic rings. The molecule has 0 spiro atoms. The van der Waals surface area contributed by atoms with Gasteiger partial charge in [-0.3, -0.25) is 9.36 Å². The van der Waals surface area contributed by atoms with E-state index in [0.29, 0.717) is 11.0 Å². The van der Waals surface area contributed by atoms with Gasteiger partial charge in [0.05, 0.1) is 11.4 Å². The van der Waals surface area contributed by atoms with Gasteiger partial charge in [0.25, 0.3) is 5.56 Å². The fourth-order valence-corrected chi connectivity index (χ4v) is 3.01. The van der Waals surface area contributed by atoms with Crippen LogP contribution in [0.3, 0.4) is 0 Å². The van der Waals surface area contributed by atoms with Crippen molar-refractivity contribution >= 4 is 11.0 Å². The molecule has 1 fully saturated rings. The summed E-state index contributed by atoms with van der Waals surface area (Å²) in [7, 11) is 0. The lowest BCUT2D eigenvalue weighted by molar-refractivity contribution is 0.175. The van der Waals surface area contributed by atoms with Crippen LogP contribution in [0.5, 0.6) is 0 Å². The van der Waals surface area contributed by atoms with Crippen molar-refractivity contribution in [3.63, 3.8) is 0 Å². The molecule has 1 atom stereocenters. The molecule has 106 valence electrons. The molecule has 0 bridgehead atoms. The summed E-state index contributed by atoms with van der Waals surface area (Å²) in [5, 5.41) is 0.614. The molecule has 1 unspecified atom stereocenters. The van der Waals surface area contributed by atoms with Gasteiger partial charge in [-0.05, 0) is 44.5 Å². The van der Waals surface area contributed by atoms with Crippen LogP contribution in [0.1, 0.15) is 32.2 Å². The molecule has 1 aliphatic heterocycles. The number of fused-ring (bicyclic) bond motifs is 1. The Morgan fingerprint density at radius 2 is 2.30 bits per heavy atom. The lowest BCUT2D eigenvalue weighted by atomic mass is 10.1. The molecule has 3 heterocycles. The van der Waals surface area contributed by atoms with E-state index in [0.717, 1.165) is 38.9 Å². The maximum Gasteiger partial charge on any atom is 0.263 e. The van der Waals surface area contributed by atoms with Crippen molar-refractivity contribution in [1.29, 1.82) is 0 Å². The number of hydrogen-bond donors (Lipinski definition) is 0. The van der Waals surface area contributed by atoms with Crippen LogP contribution in [-0.2, 0) is 0 Å². The molecule has 3 rings (SSSR count). The molecule has 0 saturated carbocycles. The van der Waals surface area contributed by atoms with E-state index in [-0.39, 0.29) is 11.6 Å². The molecule has 20 heavy (non-hydrogen) atoms. The molecule has 5 nitrogen and oxygen atoms in total. The minimum absolute atomic E-state index is 0.0337. The lowest BCUT2D eigenvalue weighted by Gasteiger charge is -2.33. The molecule has 0 aromatic carbocycles. The van der Waals surface area contributed by atoms with Crippen molar-refractivity contribution in [2.75, 3.05) is 19.6 Å². The number of aromatic nitrogens is 3.